The van der Waals surface area contributed by atoms with Crippen molar-refractivity contribution in [3.8, 4) is 5.75 Å². The Morgan fingerprint density at radius 1 is 0.938 bits per heavy atom. The van der Waals surface area contributed by atoms with Gasteiger partial charge in [0.1, 0.15) is 5.75 Å². The number of hydrogen-bond donors (Lipinski definition) is 2. The van der Waals surface area contributed by atoms with Crippen molar-refractivity contribution in [3.05, 3.63) is 99.6 Å². The summed E-state index contributed by atoms with van der Waals surface area (Å²) in [6.07, 6.45) is 0. The van der Waals surface area contributed by atoms with Gasteiger partial charge in [-0.25, -0.2) is 13.1 Å². The molecule has 0 aromatic heterocycles. The summed E-state index contributed by atoms with van der Waals surface area (Å²) in [5.74, 6) is 0.225. The van der Waals surface area contributed by atoms with E-state index in [0.29, 0.717) is 17.9 Å². The number of hydrogen-bond acceptors (Lipinski definition) is 6. The van der Waals surface area contributed by atoms with Crippen LogP contribution in [0.15, 0.2) is 77.7 Å². The maximum absolute atomic E-state index is 12.4. The first-order chi connectivity index (χ1) is 15.3. The number of sulfonamides is 1. The SMILES string of the molecule is COc1ccccc1C(=O)NCc1ccc(CNS(=O)(=O)c2ccc([N+](=O)[O-])cc2)cc1. The number of benzene rings is 3. The highest BCUT2D eigenvalue weighted by atomic mass is 32.2. The minimum Gasteiger partial charge on any atom is -0.496 e. The average molecular weight is 455 g/mol. The van der Waals surface area contributed by atoms with Gasteiger partial charge in [-0.3, -0.25) is 14.9 Å². The van der Waals surface area contributed by atoms with Gasteiger partial charge >= 0.3 is 0 Å². The van der Waals surface area contributed by atoms with Crippen LogP contribution in [0.4, 0.5) is 5.69 Å². The smallest absolute Gasteiger partial charge is 0.269 e. The second-order valence-electron chi connectivity index (χ2n) is 6.78. The minimum atomic E-state index is -3.81. The van der Waals surface area contributed by atoms with E-state index < -0.39 is 14.9 Å². The van der Waals surface area contributed by atoms with Gasteiger partial charge < -0.3 is 10.1 Å². The maximum Gasteiger partial charge on any atom is 0.269 e. The summed E-state index contributed by atoms with van der Waals surface area (Å²) in [7, 11) is -2.31. The molecule has 0 heterocycles. The van der Waals surface area contributed by atoms with Crippen molar-refractivity contribution in [1.82, 2.24) is 10.0 Å². The van der Waals surface area contributed by atoms with Crippen molar-refractivity contribution in [2.75, 3.05) is 7.11 Å². The van der Waals surface area contributed by atoms with E-state index in [0.717, 1.165) is 23.3 Å². The second-order valence-corrected chi connectivity index (χ2v) is 8.54. The number of nitro groups is 1. The summed E-state index contributed by atoms with van der Waals surface area (Å²) in [6.45, 7) is 0.346. The van der Waals surface area contributed by atoms with Crippen LogP contribution < -0.4 is 14.8 Å². The summed E-state index contributed by atoms with van der Waals surface area (Å²) >= 11 is 0. The molecule has 0 atom stereocenters. The number of nitrogens with zero attached hydrogens (tertiary/aromatic N) is 1. The lowest BCUT2D eigenvalue weighted by Crippen LogP contribution is -2.24. The van der Waals surface area contributed by atoms with Crippen LogP contribution in [0.5, 0.6) is 5.75 Å². The van der Waals surface area contributed by atoms with E-state index in [9.17, 15) is 23.3 Å². The minimum absolute atomic E-state index is 0.0488. The Morgan fingerprint density at radius 2 is 1.53 bits per heavy atom. The van der Waals surface area contributed by atoms with Gasteiger partial charge in [0.25, 0.3) is 11.6 Å². The molecule has 0 aliphatic heterocycles. The Hall–Kier alpha value is -3.76. The largest absolute Gasteiger partial charge is 0.496 e. The molecule has 0 aliphatic rings. The van der Waals surface area contributed by atoms with Crippen LogP contribution in [0.3, 0.4) is 0 Å². The highest BCUT2D eigenvalue weighted by Crippen LogP contribution is 2.18. The number of carbonyl (C=O) groups is 1. The quantitative estimate of drug-likeness (QED) is 0.377. The van der Waals surface area contributed by atoms with Crippen molar-refractivity contribution in [3.63, 3.8) is 0 Å². The number of nitrogens with one attached hydrogen (secondary N) is 2. The molecule has 0 unspecified atom stereocenters. The Balaban J connectivity index is 1.56. The van der Waals surface area contributed by atoms with Gasteiger partial charge in [-0.2, -0.15) is 0 Å². The van der Waals surface area contributed by atoms with E-state index in [1.807, 2.05) is 0 Å². The van der Waals surface area contributed by atoms with Crippen molar-refractivity contribution in [2.24, 2.45) is 0 Å². The van der Waals surface area contributed by atoms with E-state index >= 15 is 0 Å². The molecule has 0 fully saturated rings. The highest BCUT2D eigenvalue weighted by molar-refractivity contribution is 7.89. The summed E-state index contributed by atoms with van der Waals surface area (Å²) in [5.41, 5.74) is 1.81. The van der Waals surface area contributed by atoms with Crippen molar-refractivity contribution >= 4 is 21.6 Å². The lowest BCUT2D eigenvalue weighted by Gasteiger charge is -2.10. The maximum atomic E-state index is 12.4. The number of non-ortho nitro benzene ring substituents is 1. The van der Waals surface area contributed by atoms with E-state index in [2.05, 4.69) is 10.0 Å². The zero-order valence-electron chi connectivity index (χ0n) is 17.1. The fourth-order valence-electron chi connectivity index (χ4n) is 2.89. The molecule has 3 rings (SSSR count). The molecule has 0 saturated carbocycles. The van der Waals surface area contributed by atoms with Crippen LogP contribution in [0, 0.1) is 10.1 Å². The van der Waals surface area contributed by atoms with Gasteiger partial charge in [0, 0.05) is 25.2 Å². The first-order valence-corrected chi connectivity index (χ1v) is 11.0. The molecular weight excluding hydrogens is 434 g/mol. The van der Waals surface area contributed by atoms with E-state index in [1.54, 1.807) is 48.5 Å². The molecule has 2 N–H and O–H groups in total. The lowest BCUT2D eigenvalue weighted by molar-refractivity contribution is -0.384. The number of rotatable bonds is 9. The summed E-state index contributed by atoms with van der Waals surface area (Å²) in [4.78, 5) is 22.4. The third-order valence-corrected chi connectivity index (χ3v) is 6.07. The van der Waals surface area contributed by atoms with Crippen molar-refractivity contribution in [1.29, 1.82) is 0 Å². The topological polar surface area (TPSA) is 128 Å². The molecule has 0 radical (unpaired) electrons. The lowest BCUT2D eigenvalue weighted by atomic mass is 10.1. The van der Waals surface area contributed by atoms with Gasteiger partial charge in [-0.1, -0.05) is 36.4 Å². The van der Waals surface area contributed by atoms with E-state index in [-0.39, 0.29) is 23.0 Å². The predicted molar refractivity (Wildman–Crippen MR) is 118 cm³/mol. The first kappa shape index (κ1) is 22.9. The first-order valence-electron chi connectivity index (χ1n) is 9.53. The molecule has 0 saturated heterocycles. The van der Waals surface area contributed by atoms with Crippen LogP contribution >= 0.6 is 0 Å². The zero-order valence-corrected chi connectivity index (χ0v) is 18.0. The molecule has 9 nitrogen and oxygen atoms in total. The molecule has 0 aliphatic carbocycles. The fraction of sp³-hybridized carbons (Fsp3) is 0.136. The third-order valence-electron chi connectivity index (χ3n) is 4.65. The van der Waals surface area contributed by atoms with E-state index in [4.69, 9.17) is 4.74 Å². The normalized spacial score (nSPS) is 11.0. The number of carbonyl (C=O) groups excluding carboxylic acids is 1. The van der Waals surface area contributed by atoms with Crippen molar-refractivity contribution in [2.45, 2.75) is 18.0 Å². The monoisotopic (exact) mass is 455 g/mol. The van der Waals surface area contributed by atoms with E-state index in [1.165, 1.54) is 19.2 Å². The second kappa shape index (κ2) is 10.0. The van der Waals surface area contributed by atoms with Crippen LogP contribution in [-0.4, -0.2) is 26.4 Å². The number of amides is 1. The van der Waals surface area contributed by atoms with Crippen LogP contribution in [0.1, 0.15) is 21.5 Å². The molecule has 32 heavy (non-hydrogen) atoms. The van der Waals surface area contributed by atoms with Gasteiger partial charge in [0.2, 0.25) is 10.0 Å². The predicted octanol–water partition coefficient (Wildman–Crippen LogP) is 3.01. The van der Waals surface area contributed by atoms with Gasteiger partial charge in [0.05, 0.1) is 22.5 Å². The molecule has 0 spiro atoms. The third kappa shape index (κ3) is 5.68. The fourth-order valence-corrected chi connectivity index (χ4v) is 3.91. The van der Waals surface area contributed by atoms with Crippen molar-refractivity contribution < 1.29 is 22.9 Å². The molecule has 3 aromatic carbocycles. The van der Waals surface area contributed by atoms with Gasteiger partial charge in [0.15, 0.2) is 0 Å². The number of nitro benzene ring substituents is 1. The van der Waals surface area contributed by atoms with Crippen LogP contribution in [0.25, 0.3) is 0 Å². The summed E-state index contributed by atoms with van der Waals surface area (Å²) in [6, 6.07) is 18.7. The molecule has 166 valence electrons. The highest BCUT2D eigenvalue weighted by Gasteiger charge is 2.16. The molecule has 0 bridgehead atoms. The average Bonchev–Trinajstić information content (AvgIpc) is 2.82. The van der Waals surface area contributed by atoms with Crippen LogP contribution in [0.2, 0.25) is 0 Å². The molecule has 10 heteroatoms. The Kier molecular flexibility index (Phi) is 7.18. The zero-order chi connectivity index (χ0) is 23.1. The Bertz CT molecular complexity index is 1210. The summed E-state index contributed by atoms with van der Waals surface area (Å²) < 4.78 is 32.4. The number of methoxy groups -OCH3 is 1. The number of ether oxygens (including phenoxy) is 1. The summed E-state index contributed by atoms with van der Waals surface area (Å²) in [5, 5.41) is 13.5. The van der Waals surface area contributed by atoms with Crippen LogP contribution in [-0.2, 0) is 23.1 Å². The Labute approximate surface area is 185 Å². The number of para-hydroxylation sites is 1. The molecule has 1 amide bonds. The Morgan fingerprint density at radius 3 is 2.12 bits per heavy atom. The standard InChI is InChI=1S/C22H21N3O6S/c1-31-21-5-3-2-4-20(21)22(26)23-14-16-6-8-17(9-7-16)15-24-32(29,30)19-12-10-18(11-13-19)25(27)28/h2-13,24H,14-15H2,1H3,(H,23,26). The van der Waals surface area contributed by atoms with Gasteiger partial charge in [-0.05, 0) is 35.4 Å². The molecular formula is C22H21N3O6S. The van der Waals surface area contributed by atoms with Gasteiger partial charge in [-0.15, -0.1) is 0 Å². The molecule has 3 aromatic rings.